The fraction of sp³-hybridized carbons (Fsp3) is 0.462. The minimum Gasteiger partial charge on any atom is -0.496 e. The van der Waals surface area contributed by atoms with E-state index < -0.39 is 0 Å². The van der Waals surface area contributed by atoms with Crippen LogP contribution in [0.2, 0.25) is 0 Å². The summed E-state index contributed by atoms with van der Waals surface area (Å²) < 4.78 is 5.28. The first-order valence-electron chi connectivity index (χ1n) is 5.64. The molecule has 1 N–H and O–H groups in total. The Morgan fingerprint density at radius 2 is 2.31 bits per heavy atom. The summed E-state index contributed by atoms with van der Waals surface area (Å²) in [5, 5.41) is 12.3. The lowest BCUT2D eigenvalue weighted by molar-refractivity contribution is 0.334. The van der Waals surface area contributed by atoms with Gasteiger partial charge < -0.3 is 10.1 Å². The van der Waals surface area contributed by atoms with Gasteiger partial charge in [-0.1, -0.05) is 6.42 Å². The largest absolute Gasteiger partial charge is 0.496 e. The van der Waals surface area contributed by atoms with Crippen LogP contribution >= 0.6 is 0 Å². The first kappa shape index (κ1) is 11.0. The topological polar surface area (TPSA) is 45.0 Å². The maximum atomic E-state index is 8.85. The number of nitrogens with zero attached hydrogens (tertiary/aromatic N) is 1. The van der Waals surface area contributed by atoms with Gasteiger partial charge in [0.05, 0.1) is 18.7 Å². The summed E-state index contributed by atoms with van der Waals surface area (Å²) in [7, 11) is 1.66. The number of ether oxygens (including phenoxy) is 1. The average molecular weight is 216 g/mol. The second kappa shape index (κ2) is 5.00. The Hall–Kier alpha value is -1.53. The molecule has 2 rings (SSSR count). The number of nitriles is 1. The summed E-state index contributed by atoms with van der Waals surface area (Å²) >= 11 is 0. The molecule has 3 nitrogen and oxygen atoms in total. The van der Waals surface area contributed by atoms with Gasteiger partial charge in [-0.2, -0.15) is 5.26 Å². The molecule has 0 atom stereocenters. The molecule has 0 unspecified atom stereocenters. The standard InChI is InChI=1S/C13H16N2O/c1-16-13-6-5-10(8-14)7-11(13)9-15-12-3-2-4-12/h5-7,12,15H,2-4,9H2,1H3. The lowest BCUT2D eigenvalue weighted by Crippen LogP contribution is -2.34. The van der Waals surface area contributed by atoms with E-state index in [1.807, 2.05) is 12.1 Å². The molecular weight excluding hydrogens is 200 g/mol. The highest BCUT2D eigenvalue weighted by molar-refractivity contribution is 5.42. The van der Waals surface area contributed by atoms with Crippen molar-refractivity contribution in [3.8, 4) is 11.8 Å². The van der Waals surface area contributed by atoms with E-state index >= 15 is 0 Å². The Bertz CT molecular complexity index is 405. The van der Waals surface area contributed by atoms with Crippen molar-refractivity contribution < 1.29 is 4.74 Å². The molecule has 0 saturated heterocycles. The van der Waals surface area contributed by atoms with Gasteiger partial charge in [-0.25, -0.2) is 0 Å². The lowest BCUT2D eigenvalue weighted by atomic mass is 9.93. The third-order valence-electron chi connectivity index (χ3n) is 3.10. The number of rotatable bonds is 4. The van der Waals surface area contributed by atoms with Crippen LogP contribution in [0.3, 0.4) is 0 Å². The van der Waals surface area contributed by atoms with E-state index in [4.69, 9.17) is 10.00 Å². The molecule has 0 amide bonds. The second-order valence-electron chi connectivity index (χ2n) is 4.15. The summed E-state index contributed by atoms with van der Waals surface area (Å²) in [5.41, 5.74) is 1.75. The van der Waals surface area contributed by atoms with Crippen molar-refractivity contribution >= 4 is 0 Å². The number of nitrogens with one attached hydrogen (secondary N) is 1. The van der Waals surface area contributed by atoms with Crippen LogP contribution in [0.15, 0.2) is 18.2 Å². The van der Waals surface area contributed by atoms with Gasteiger partial charge in [0, 0.05) is 18.2 Å². The van der Waals surface area contributed by atoms with Crippen molar-refractivity contribution in [2.24, 2.45) is 0 Å². The molecule has 0 aliphatic heterocycles. The molecular formula is C13H16N2O. The maximum Gasteiger partial charge on any atom is 0.123 e. The quantitative estimate of drug-likeness (QED) is 0.839. The molecule has 0 bridgehead atoms. The van der Waals surface area contributed by atoms with Crippen LogP contribution in [-0.2, 0) is 6.54 Å². The molecule has 0 spiro atoms. The Labute approximate surface area is 96.0 Å². The number of hydrogen-bond acceptors (Lipinski definition) is 3. The van der Waals surface area contributed by atoms with Gasteiger partial charge in [-0.15, -0.1) is 0 Å². The van der Waals surface area contributed by atoms with E-state index in [0.29, 0.717) is 11.6 Å². The molecule has 3 heteroatoms. The Kier molecular flexibility index (Phi) is 3.43. The van der Waals surface area contributed by atoms with Crippen LogP contribution in [0.5, 0.6) is 5.75 Å². The third-order valence-corrected chi connectivity index (χ3v) is 3.10. The van der Waals surface area contributed by atoms with E-state index in [9.17, 15) is 0 Å². The molecule has 0 heterocycles. The Balaban J connectivity index is 2.06. The molecule has 1 fully saturated rings. The normalized spacial score (nSPS) is 15.2. The number of benzene rings is 1. The summed E-state index contributed by atoms with van der Waals surface area (Å²) in [4.78, 5) is 0. The highest BCUT2D eigenvalue weighted by Gasteiger charge is 2.16. The molecule has 1 aliphatic rings. The first-order chi connectivity index (χ1) is 7.83. The Morgan fingerprint density at radius 3 is 2.88 bits per heavy atom. The summed E-state index contributed by atoms with van der Waals surface area (Å²) in [6.07, 6.45) is 3.85. The van der Waals surface area contributed by atoms with E-state index in [1.54, 1.807) is 13.2 Å². The molecule has 0 radical (unpaired) electrons. The minimum atomic E-state index is 0.649. The van der Waals surface area contributed by atoms with Crippen molar-refractivity contribution in [1.29, 1.82) is 5.26 Å². The fourth-order valence-electron chi connectivity index (χ4n) is 1.85. The molecule has 16 heavy (non-hydrogen) atoms. The van der Waals surface area contributed by atoms with Crippen LogP contribution in [0.4, 0.5) is 0 Å². The SMILES string of the molecule is COc1ccc(C#N)cc1CNC1CCC1. The van der Waals surface area contributed by atoms with Crippen molar-refractivity contribution in [2.45, 2.75) is 31.8 Å². The van der Waals surface area contributed by atoms with Gasteiger partial charge >= 0.3 is 0 Å². The highest BCUT2D eigenvalue weighted by atomic mass is 16.5. The molecule has 84 valence electrons. The summed E-state index contributed by atoms with van der Waals surface area (Å²) in [5.74, 6) is 0.853. The monoisotopic (exact) mass is 216 g/mol. The van der Waals surface area contributed by atoms with Gasteiger partial charge in [0.2, 0.25) is 0 Å². The average Bonchev–Trinajstić information content (AvgIpc) is 2.26. The molecule has 0 aromatic heterocycles. The minimum absolute atomic E-state index is 0.649. The Morgan fingerprint density at radius 1 is 1.50 bits per heavy atom. The third kappa shape index (κ3) is 2.34. The summed E-state index contributed by atoms with van der Waals surface area (Å²) in [6, 6.07) is 8.33. The first-order valence-corrected chi connectivity index (χ1v) is 5.64. The fourth-order valence-corrected chi connectivity index (χ4v) is 1.85. The van der Waals surface area contributed by atoms with E-state index in [0.717, 1.165) is 17.9 Å². The van der Waals surface area contributed by atoms with Crippen LogP contribution in [0, 0.1) is 11.3 Å². The zero-order valence-electron chi connectivity index (χ0n) is 9.49. The van der Waals surface area contributed by atoms with Crippen molar-refractivity contribution in [3.63, 3.8) is 0 Å². The van der Waals surface area contributed by atoms with Crippen LogP contribution in [-0.4, -0.2) is 13.2 Å². The van der Waals surface area contributed by atoms with Crippen LogP contribution in [0.25, 0.3) is 0 Å². The van der Waals surface area contributed by atoms with Gasteiger partial charge in [-0.3, -0.25) is 0 Å². The van der Waals surface area contributed by atoms with E-state index in [-0.39, 0.29) is 0 Å². The van der Waals surface area contributed by atoms with Crippen molar-refractivity contribution in [3.05, 3.63) is 29.3 Å². The smallest absolute Gasteiger partial charge is 0.123 e. The zero-order valence-corrected chi connectivity index (χ0v) is 9.49. The molecule has 1 aromatic carbocycles. The predicted molar refractivity (Wildman–Crippen MR) is 62.2 cm³/mol. The van der Waals surface area contributed by atoms with E-state index in [2.05, 4.69) is 11.4 Å². The molecule has 1 aliphatic carbocycles. The molecule has 1 saturated carbocycles. The summed E-state index contributed by atoms with van der Waals surface area (Å²) in [6.45, 7) is 0.781. The molecule has 1 aromatic rings. The van der Waals surface area contributed by atoms with Gasteiger partial charge in [0.25, 0.3) is 0 Å². The van der Waals surface area contributed by atoms with Crippen molar-refractivity contribution in [1.82, 2.24) is 5.32 Å². The second-order valence-corrected chi connectivity index (χ2v) is 4.15. The van der Waals surface area contributed by atoms with Gasteiger partial charge in [0.15, 0.2) is 0 Å². The van der Waals surface area contributed by atoms with Crippen LogP contribution < -0.4 is 10.1 Å². The highest BCUT2D eigenvalue weighted by Crippen LogP contribution is 2.22. The zero-order chi connectivity index (χ0) is 11.4. The van der Waals surface area contributed by atoms with Crippen LogP contribution in [0.1, 0.15) is 30.4 Å². The number of hydrogen-bond donors (Lipinski definition) is 1. The van der Waals surface area contributed by atoms with Gasteiger partial charge in [-0.05, 0) is 31.0 Å². The lowest BCUT2D eigenvalue weighted by Gasteiger charge is -2.26. The predicted octanol–water partition coefficient (Wildman–Crippen LogP) is 2.21. The number of methoxy groups -OCH3 is 1. The van der Waals surface area contributed by atoms with Gasteiger partial charge in [0.1, 0.15) is 5.75 Å². The van der Waals surface area contributed by atoms with Crippen molar-refractivity contribution in [2.75, 3.05) is 7.11 Å². The van der Waals surface area contributed by atoms with E-state index in [1.165, 1.54) is 19.3 Å². The maximum absolute atomic E-state index is 8.85.